The Morgan fingerprint density at radius 1 is 1.47 bits per heavy atom. The Morgan fingerprint density at radius 2 is 2.26 bits per heavy atom. The minimum absolute atomic E-state index is 0.0343. The van der Waals surface area contributed by atoms with Gasteiger partial charge in [0.1, 0.15) is 11.6 Å². The second kappa shape index (κ2) is 6.33. The molecule has 6 nitrogen and oxygen atoms in total. The van der Waals surface area contributed by atoms with Crippen LogP contribution < -0.4 is 5.32 Å². The summed E-state index contributed by atoms with van der Waals surface area (Å²) in [4.78, 5) is 24.7. The van der Waals surface area contributed by atoms with Crippen molar-refractivity contribution in [3.63, 3.8) is 0 Å². The minimum atomic E-state index is -0.219. The van der Waals surface area contributed by atoms with Crippen molar-refractivity contribution in [1.29, 1.82) is 0 Å². The van der Waals surface area contributed by atoms with E-state index in [-0.39, 0.29) is 17.7 Å². The lowest BCUT2D eigenvalue weighted by Crippen LogP contribution is -2.33. The normalized spacial score (nSPS) is 15.3. The zero-order valence-electron chi connectivity index (χ0n) is 10.9. The molecule has 104 valence electrons. The molecule has 1 fully saturated rings. The van der Waals surface area contributed by atoms with E-state index >= 15 is 0 Å². The molecular weight excluding hydrogens is 284 g/mol. The van der Waals surface area contributed by atoms with Crippen molar-refractivity contribution in [2.75, 3.05) is 24.2 Å². The van der Waals surface area contributed by atoms with Crippen molar-refractivity contribution >= 4 is 39.4 Å². The Balaban J connectivity index is 1.84. The summed E-state index contributed by atoms with van der Waals surface area (Å²) < 4.78 is 0. The number of thioether (sulfide) groups is 1. The van der Waals surface area contributed by atoms with Crippen LogP contribution in [0.3, 0.4) is 0 Å². The van der Waals surface area contributed by atoms with Crippen molar-refractivity contribution in [2.24, 2.45) is 5.92 Å². The van der Waals surface area contributed by atoms with E-state index in [1.54, 1.807) is 0 Å². The molecule has 0 unspecified atom stereocenters. The summed E-state index contributed by atoms with van der Waals surface area (Å²) in [5.41, 5.74) is 0. The fourth-order valence-corrected chi connectivity index (χ4v) is 3.43. The van der Waals surface area contributed by atoms with Crippen LogP contribution in [-0.4, -0.2) is 45.1 Å². The second-order valence-corrected chi connectivity index (χ2v) is 6.79. The molecule has 0 saturated carbocycles. The first-order valence-corrected chi connectivity index (χ1v) is 7.88. The molecule has 0 atom stereocenters. The Hall–Kier alpha value is -1.15. The summed E-state index contributed by atoms with van der Waals surface area (Å²) in [6.07, 6.45) is 0.856. The number of rotatable bonds is 5. The van der Waals surface area contributed by atoms with Gasteiger partial charge in [-0.15, -0.1) is 10.2 Å². The first kappa shape index (κ1) is 14.3. The van der Waals surface area contributed by atoms with E-state index in [1.807, 2.05) is 0 Å². The third kappa shape index (κ3) is 4.17. The third-order valence-electron chi connectivity index (χ3n) is 2.48. The molecule has 1 aromatic heterocycles. The van der Waals surface area contributed by atoms with Crippen LogP contribution in [-0.2, 0) is 11.2 Å². The lowest BCUT2D eigenvalue weighted by molar-refractivity contribution is -0.116. The molecule has 0 aliphatic carbocycles. The van der Waals surface area contributed by atoms with E-state index in [0.29, 0.717) is 17.6 Å². The van der Waals surface area contributed by atoms with Gasteiger partial charge in [0.05, 0.1) is 0 Å². The summed E-state index contributed by atoms with van der Waals surface area (Å²) in [5, 5.41) is 12.0. The van der Waals surface area contributed by atoms with Gasteiger partial charge in [0.15, 0.2) is 0 Å². The quantitative estimate of drug-likeness (QED) is 0.898. The molecule has 0 aromatic carbocycles. The number of amides is 2. The predicted octanol–water partition coefficient (Wildman–Crippen LogP) is 1.84. The molecule has 1 saturated heterocycles. The Bertz CT molecular complexity index is 475. The molecular formula is C11H16N4O2S2. The van der Waals surface area contributed by atoms with Crippen molar-refractivity contribution < 1.29 is 9.59 Å². The average molecular weight is 300 g/mol. The van der Waals surface area contributed by atoms with Gasteiger partial charge >= 0.3 is 0 Å². The lowest BCUT2D eigenvalue weighted by atomic mass is 10.1. The van der Waals surface area contributed by atoms with E-state index in [0.717, 1.165) is 17.2 Å². The number of anilines is 1. The number of nitrogens with one attached hydrogen (secondary N) is 1. The first-order chi connectivity index (χ1) is 9.04. The van der Waals surface area contributed by atoms with Gasteiger partial charge in [-0.25, -0.2) is 0 Å². The lowest BCUT2D eigenvalue weighted by Gasteiger charge is -2.12. The van der Waals surface area contributed by atoms with E-state index in [1.165, 1.54) is 28.0 Å². The maximum atomic E-state index is 11.8. The van der Waals surface area contributed by atoms with Crippen molar-refractivity contribution in [2.45, 2.75) is 20.3 Å². The van der Waals surface area contributed by atoms with Gasteiger partial charge in [0.2, 0.25) is 11.0 Å². The van der Waals surface area contributed by atoms with Crippen LogP contribution in [0.1, 0.15) is 18.9 Å². The third-order valence-corrected chi connectivity index (χ3v) is 4.23. The smallest absolute Gasteiger partial charge is 0.282 e. The highest BCUT2D eigenvalue weighted by molar-refractivity contribution is 8.13. The molecule has 1 aliphatic rings. The Kier molecular flexibility index (Phi) is 4.76. The number of aromatic nitrogens is 2. The zero-order chi connectivity index (χ0) is 13.8. The zero-order valence-corrected chi connectivity index (χ0v) is 12.5. The maximum absolute atomic E-state index is 11.8. The van der Waals surface area contributed by atoms with Gasteiger partial charge in [0, 0.05) is 18.7 Å². The molecule has 2 amide bonds. The van der Waals surface area contributed by atoms with Crippen molar-refractivity contribution in [1.82, 2.24) is 15.1 Å². The van der Waals surface area contributed by atoms with E-state index in [4.69, 9.17) is 0 Å². The highest BCUT2D eigenvalue weighted by Gasteiger charge is 2.23. The first-order valence-electron chi connectivity index (χ1n) is 6.08. The second-order valence-electron chi connectivity index (χ2n) is 4.68. The summed E-state index contributed by atoms with van der Waals surface area (Å²) >= 11 is 2.63. The van der Waals surface area contributed by atoms with Gasteiger partial charge in [-0.2, -0.15) is 0 Å². The molecule has 1 N–H and O–H groups in total. The highest BCUT2D eigenvalue weighted by atomic mass is 32.2. The molecule has 2 rings (SSSR count). The number of carbonyl (C=O) groups is 2. The number of hydrogen-bond acceptors (Lipinski definition) is 6. The van der Waals surface area contributed by atoms with Crippen LogP contribution in [0.5, 0.6) is 0 Å². The molecule has 0 spiro atoms. The summed E-state index contributed by atoms with van der Waals surface area (Å²) in [7, 11) is 0. The Labute approximate surface area is 120 Å². The summed E-state index contributed by atoms with van der Waals surface area (Å²) in [5.74, 6) is 1.04. The average Bonchev–Trinajstić information content (AvgIpc) is 2.89. The van der Waals surface area contributed by atoms with Gasteiger partial charge in [0.25, 0.3) is 5.24 Å². The minimum Gasteiger partial charge on any atom is -0.323 e. The van der Waals surface area contributed by atoms with Gasteiger partial charge in [-0.05, 0) is 5.92 Å². The van der Waals surface area contributed by atoms with Crippen molar-refractivity contribution in [3.8, 4) is 0 Å². The number of hydrogen-bond donors (Lipinski definition) is 1. The standard InChI is InChI=1S/C11H16N4O2S2/c1-7(2)5-9-13-14-10(19-9)12-8(16)6-15-3-4-18-11(15)17/h7H,3-6H2,1-2H3,(H,12,14,16). The van der Waals surface area contributed by atoms with Gasteiger partial charge in [-0.3, -0.25) is 14.9 Å². The van der Waals surface area contributed by atoms with Gasteiger partial charge in [-0.1, -0.05) is 36.9 Å². The maximum Gasteiger partial charge on any atom is 0.282 e. The van der Waals surface area contributed by atoms with Crippen LogP contribution in [0.2, 0.25) is 0 Å². The molecule has 8 heteroatoms. The number of carbonyl (C=O) groups excluding carboxylic acids is 2. The molecule has 1 aliphatic heterocycles. The molecule has 0 radical (unpaired) electrons. The topological polar surface area (TPSA) is 75.2 Å². The number of nitrogens with zero attached hydrogens (tertiary/aromatic N) is 3. The highest BCUT2D eigenvalue weighted by Crippen LogP contribution is 2.19. The fourth-order valence-electron chi connectivity index (χ4n) is 1.64. The van der Waals surface area contributed by atoms with Crippen LogP contribution in [0.25, 0.3) is 0 Å². The Morgan fingerprint density at radius 3 is 2.89 bits per heavy atom. The monoisotopic (exact) mass is 300 g/mol. The summed E-state index contributed by atoms with van der Waals surface area (Å²) in [6.45, 7) is 4.93. The molecule has 2 heterocycles. The fraction of sp³-hybridized carbons (Fsp3) is 0.636. The van der Waals surface area contributed by atoms with Crippen LogP contribution in [0, 0.1) is 5.92 Å². The molecule has 0 bridgehead atoms. The van der Waals surface area contributed by atoms with Crippen LogP contribution >= 0.6 is 23.1 Å². The SMILES string of the molecule is CC(C)Cc1nnc(NC(=O)CN2CCSC2=O)s1. The summed E-state index contributed by atoms with van der Waals surface area (Å²) in [6, 6.07) is 0. The van der Waals surface area contributed by atoms with Crippen LogP contribution in [0.4, 0.5) is 9.93 Å². The molecule has 1 aromatic rings. The van der Waals surface area contributed by atoms with Crippen LogP contribution in [0.15, 0.2) is 0 Å². The van der Waals surface area contributed by atoms with Crippen molar-refractivity contribution in [3.05, 3.63) is 5.01 Å². The predicted molar refractivity (Wildman–Crippen MR) is 76.5 cm³/mol. The van der Waals surface area contributed by atoms with E-state index in [9.17, 15) is 9.59 Å². The largest absolute Gasteiger partial charge is 0.323 e. The molecule has 19 heavy (non-hydrogen) atoms. The van der Waals surface area contributed by atoms with Gasteiger partial charge < -0.3 is 4.90 Å². The van der Waals surface area contributed by atoms with E-state index < -0.39 is 0 Å². The van der Waals surface area contributed by atoms with E-state index in [2.05, 4.69) is 29.4 Å².